The first-order valence-electron chi connectivity index (χ1n) is 7.18. The smallest absolute Gasteiger partial charge is 0.303 e. The summed E-state index contributed by atoms with van der Waals surface area (Å²) in [7, 11) is 0. The van der Waals surface area contributed by atoms with Crippen LogP contribution in [0.5, 0.6) is 0 Å². The first-order chi connectivity index (χ1) is 10.2. The van der Waals surface area contributed by atoms with Gasteiger partial charge in [0.25, 0.3) is 0 Å². The van der Waals surface area contributed by atoms with Crippen molar-refractivity contribution < 1.29 is 9.90 Å². The summed E-state index contributed by atoms with van der Waals surface area (Å²) < 4.78 is 0. The second kappa shape index (κ2) is 5.95. The van der Waals surface area contributed by atoms with E-state index in [1.165, 1.54) is 5.56 Å². The van der Waals surface area contributed by atoms with Gasteiger partial charge in [-0.1, -0.05) is 24.3 Å². The van der Waals surface area contributed by atoms with E-state index in [0.717, 1.165) is 30.8 Å². The van der Waals surface area contributed by atoms with Gasteiger partial charge in [-0.15, -0.1) is 0 Å². The molecule has 0 bridgehead atoms. The lowest BCUT2D eigenvalue weighted by atomic mass is 9.87. The van der Waals surface area contributed by atoms with Gasteiger partial charge in [-0.25, -0.2) is 0 Å². The number of nitrogens with zero attached hydrogens (tertiary/aromatic N) is 2. The Morgan fingerprint density at radius 2 is 2.14 bits per heavy atom. The van der Waals surface area contributed by atoms with E-state index in [9.17, 15) is 4.79 Å². The molecule has 21 heavy (non-hydrogen) atoms. The average Bonchev–Trinajstić information content (AvgIpc) is 2.50. The number of benzene rings is 1. The van der Waals surface area contributed by atoms with Crippen LogP contribution in [-0.2, 0) is 11.3 Å². The molecule has 2 heterocycles. The SMILES string of the molecule is O=C(O)CC1CCN(Cc2cccnc2)c2ccccc21. The van der Waals surface area contributed by atoms with Gasteiger partial charge in [0.05, 0.1) is 6.42 Å². The summed E-state index contributed by atoms with van der Waals surface area (Å²) in [5, 5.41) is 9.07. The van der Waals surface area contributed by atoms with E-state index < -0.39 is 5.97 Å². The van der Waals surface area contributed by atoms with Gasteiger partial charge < -0.3 is 10.0 Å². The van der Waals surface area contributed by atoms with Crippen LogP contribution in [-0.4, -0.2) is 22.6 Å². The first kappa shape index (κ1) is 13.6. The molecule has 0 amide bonds. The van der Waals surface area contributed by atoms with Crippen LogP contribution in [0.4, 0.5) is 5.69 Å². The predicted octanol–water partition coefficient (Wildman–Crippen LogP) is 3.05. The van der Waals surface area contributed by atoms with E-state index in [2.05, 4.69) is 28.1 Å². The quantitative estimate of drug-likeness (QED) is 0.936. The van der Waals surface area contributed by atoms with Crippen LogP contribution in [0, 0.1) is 0 Å². The van der Waals surface area contributed by atoms with Crippen LogP contribution >= 0.6 is 0 Å². The van der Waals surface area contributed by atoms with Crippen molar-refractivity contribution >= 4 is 11.7 Å². The minimum absolute atomic E-state index is 0.115. The molecule has 0 saturated heterocycles. The number of pyridine rings is 1. The summed E-state index contributed by atoms with van der Waals surface area (Å²) in [6, 6.07) is 12.1. The highest BCUT2D eigenvalue weighted by atomic mass is 16.4. The Morgan fingerprint density at radius 1 is 1.29 bits per heavy atom. The summed E-state index contributed by atoms with van der Waals surface area (Å²) in [6.07, 6.45) is 4.74. The normalized spacial score (nSPS) is 17.3. The molecular formula is C17H18N2O2. The molecule has 1 unspecified atom stereocenters. The highest BCUT2D eigenvalue weighted by molar-refractivity contribution is 5.69. The second-order valence-corrected chi connectivity index (χ2v) is 5.43. The lowest BCUT2D eigenvalue weighted by molar-refractivity contribution is -0.137. The third-order valence-corrected chi connectivity index (χ3v) is 3.98. The minimum atomic E-state index is -0.726. The Labute approximate surface area is 124 Å². The van der Waals surface area contributed by atoms with E-state index in [1.54, 1.807) is 6.20 Å². The van der Waals surface area contributed by atoms with Crippen LogP contribution in [0.15, 0.2) is 48.8 Å². The van der Waals surface area contributed by atoms with Crippen LogP contribution < -0.4 is 4.90 Å². The summed E-state index contributed by atoms with van der Waals surface area (Å²) in [6.45, 7) is 1.69. The van der Waals surface area contributed by atoms with E-state index in [1.807, 2.05) is 24.4 Å². The Balaban J connectivity index is 1.86. The van der Waals surface area contributed by atoms with Gasteiger partial charge in [0.15, 0.2) is 0 Å². The van der Waals surface area contributed by atoms with Crippen LogP contribution in [0.1, 0.15) is 29.9 Å². The number of aromatic nitrogens is 1. The summed E-state index contributed by atoms with van der Waals surface area (Å²) in [5.41, 5.74) is 3.47. The number of hydrogen-bond donors (Lipinski definition) is 1. The Hall–Kier alpha value is -2.36. The van der Waals surface area contributed by atoms with Crippen molar-refractivity contribution in [1.29, 1.82) is 0 Å². The maximum atomic E-state index is 11.0. The third-order valence-electron chi connectivity index (χ3n) is 3.98. The van der Waals surface area contributed by atoms with E-state index >= 15 is 0 Å². The summed E-state index contributed by atoms with van der Waals surface area (Å²) in [4.78, 5) is 17.5. The summed E-state index contributed by atoms with van der Waals surface area (Å²) in [5.74, 6) is -0.612. The van der Waals surface area contributed by atoms with Gasteiger partial charge in [0, 0.05) is 31.2 Å². The topological polar surface area (TPSA) is 53.4 Å². The molecule has 0 aliphatic carbocycles. The lowest BCUT2D eigenvalue weighted by Gasteiger charge is -2.35. The fraction of sp³-hybridized carbons (Fsp3) is 0.294. The minimum Gasteiger partial charge on any atom is -0.481 e. The highest BCUT2D eigenvalue weighted by Gasteiger charge is 2.26. The van der Waals surface area contributed by atoms with Gasteiger partial charge in [-0.2, -0.15) is 0 Å². The maximum Gasteiger partial charge on any atom is 0.303 e. The van der Waals surface area contributed by atoms with Crippen LogP contribution in [0.2, 0.25) is 0 Å². The van der Waals surface area contributed by atoms with Crippen molar-refractivity contribution in [3.05, 3.63) is 59.9 Å². The number of para-hydroxylation sites is 1. The van der Waals surface area contributed by atoms with E-state index in [4.69, 9.17) is 5.11 Å². The third kappa shape index (κ3) is 3.05. The van der Waals surface area contributed by atoms with Crippen LogP contribution in [0.3, 0.4) is 0 Å². The molecule has 0 fully saturated rings. The molecule has 1 aliphatic rings. The lowest BCUT2D eigenvalue weighted by Crippen LogP contribution is -2.31. The first-order valence-corrected chi connectivity index (χ1v) is 7.18. The highest BCUT2D eigenvalue weighted by Crippen LogP contribution is 2.37. The van der Waals surface area contributed by atoms with Crippen molar-refractivity contribution in [1.82, 2.24) is 4.98 Å². The van der Waals surface area contributed by atoms with Crippen molar-refractivity contribution in [2.75, 3.05) is 11.4 Å². The van der Waals surface area contributed by atoms with Gasteiger partial charge in [0.2, 0.25) is 0 Å². The monoisotopic (exact) mass is 282 g/mol. The van der Waals surface area contributed by atoms with Crippen LogP contribution in [0.25, 0.3) is 0 Å². The van der Waals surface area contributed by atoms with Crippen molar-refractivity contribution in [2.24, 2.45) is 0 Å². The number of anilines is 1. The molecule has 1 aliphatic heterocycles. The molecule has 1 aromatic heterocycles. The Bertz CT molecular complexity index is 628. The molecule has 1 atom stereocenters. The summed E-state index contributed by atoms with van der Waals surface area (Å²) >= 11 is 0. The molecule has 0 spiro atoms. The zero-order valence-electron chi connectivity index (χ0n) is 11.8. The maximum absolute atomic E-state index is 11.0. The number of aliphatic carboxylic acids is 1. The number of rotatable bonds is 4. The molecule has 1 N–H and O–H groups in total. The number of fused-ring (bicyclic) bond motifs is 1. The molecule has 3 rings (SSSR count). The standard InChI is InChI=1S/C17H18N2O2/c20-17(21)10-14-7-9-19(12-13-4-3-8-18-11-13)16-6-2-1-5-15(14)16/h1-6,8,11,14H,7,9-10,12H2,(H,20,21). The largest absolute Gasteiger partial charge is 0.481 e. The number of carboxylic acid groups (broad SMARTS) is 1. The van der Waals surface area contributed by atoms with Gasteiger partial charge in [-0.05, 0) is 35.6 Å². The fourth-order valence-electron chi connectivity index (χ4n) is 3.01. The fourth-order valence-corrected chi connectivity index (χ4v) is 3.01. The second-order valence-electron chi connectivity index (χ2n) is 5.43. The zero-order valence-corrected chi connectivity index (χ0v) is 11.8. The molecule has 0 saturated carbocycles. The molecule has 108 valence electrons. The molecule has 1 aromatic carbocycles. The van der Waals surface area contributed by atoms with Crippen molar-refractivity contribution in [3.63, 3.8) is 0 Å². The number of hydrogen-bond acceptors (Lipinski definition) is 3. The number of carbonyl (C=O) groups is 1. The Morgan fingerprint density at radius 3 is 2.90 bits per heavy atom. The van der Waals surface area contributed by atoms with Crippen molar-refractivity contribution in [2.45, 2.75) is 25.3 Å². The zero-order chi connectivity index (χ0) is 14.7. The van der Waals surface area contributed by atoms with Crippen molar-refractivity contribution in [3.8, 4) is 0 Å². The van der Waals surface area contributed by atoms with E-state index in [-0.39, 0.29) is 12.3 Å². The number of carboxylic acids is 1. The van der Waals surface area contributed by atoms with Gasteiger partial charge in [-0.3, -0.25) is 9.78 Å². The predicted molar refractivity (Wildman–Crippen MR) is 81.3 cm³/mol. The Kier molecular flexibility index (Phi) is 3.86. The molecule has 4 heteroatoms. The molecule has 2 aromatic rings. The van der Waals surface area contributed by atoms with E-state index in [0.29, 0.717) is 0 Å². The van der Waals surface area contributed by atoms with Gasteiger partial charge >= 0.3 is 5.97 Å². The molecular weight excluding hydrogens is 264 g/mol. The molecule has 0 radical (unpaired) electrons. The molecule has 4 nitrogen and oxygen atoms in total. The average molecular weight is 282 g/mol. The van der Waals surface area contributed by atoms with Gasteiger partial charge in [0.1, 0.15) is 0 Å².